The molecule has 12 heteroatoms. The van der Waals surface area contributed by atoms with Crippen molar-refractivity contribution in [2.24, 2.45) is 0 Å². The van der Waals surface area contributed by atoms with Crippen LogP contribution in [0.2, 0.25) is 0 Å². The molecule has 2 aliphatic heterocycles. The van der Waals surface area contributed by atoms with Crippen LogP contribution in [0.4, 0.5) is 29.3 Å². The molecule has 1 aromatic heterocycles. The van der Waals surface area contributed by atoms with E-state index in [-0.39, 0.29) is 30.1 Å². The summed E-state index contributed by atoms with van der Waals surface area (Å²) in [4.78, 5) is 39.2. The lowest BCUT2D eigenvalue weighted by Crippen LogP contribution is -2.48. The number of fused-ring (bicyclic) bond motifs is 1. The van der Waals surface area contributed by atoms with Gasteiger partial charge in [0, 0.05) is 44.7 Å². The Morgan fingerprint density at radius 3 is 2.31 bits per heavy atom. The van der Waals surface area contributed by atoms with E-state index < -0.39 is 23.6 Å². The Balaban J connectivity index is 1.66. The second kappa shape index (κ2) is 9.55. The maximum atomic E-state index is 14.2. The van der Waals surface area contributed by atoms with E-state index >= 15 is 0 Å². The second-order valence-electron chi connectivity index (χ2n) is 9.32. The van der Waals surface area contributed by atoms with Crippen molar-refractivity contribution < 1.29 is 27.2 Å². The summed E-state index contributed by atoms with van der Waals surface area (Å²) in [7, 11) is 0. The molecular weight excluding hydrogens is 480 g/mol. The van der Waals surface area contributed by atoms with Gasteiger partial charge in [0.1, 0.15) is 17.3 Å². The number of benzene rings is 1. The Morgan fingerprint density at radius 1 is 1.08 bits per heavy atom. The molecule has 2 aromatic rings. The van der Waals surface area contributed by atoms with Crippen molar-refractivity contribution in [3.8, 4) is 0 Å². The second-order valence-corrected chi connectivity index (χ2v) is 9.32. The van der Waals surface area contributed by atoms with Crippen LogP contribution in [0.1, 0.15) is 60.9 Å². The predicted octanol–water partition coefficient (Wildman–Crippen LogP) is 3.84. The van der Waals surface area contributed by atoms with E-state index in [4.69, 9.17) is 0 Å². The summed E-state index contributed by atoms with van der Waals surface area (Å²) in [5, 5.41) is 3.16. The molecule has 194 valence electrons. The molecule has 1 atom stereocenters. The molecule has 1 unspecified atom stereocenters. The van der Waals surface area contributed by atoms with E-state index in [1.165, 1.54) is 13.0 Å². The lowest BCUT2D eigenvalue weighted by atomic mass is 10.0. The van der Waals surface area contributed by atoms with Gasteiger partial charge in [-0.3, -0.25) is 9.59 Å². The summed E-state index contributed by atoms with van der Waals surface area (Å²) in [5.74, 6) is -0.918. The molecule has 2 amide bonds. The van der Waals surface area contributed by atoms with Gasteiger partial charge >= 0.3 is 6.18 Å². The normalized spacial score (nSPS) is 17.0. The first kappa shape index (κ1) is 25.6. The number of nitrogens with zero attached hydrogens (tertiary/aromatic N) is 5. The van der Waals surface area contributed by atoms with E-state index in [1.54, 1.807) is 16.7 Å². The first-order chi connectivity index (χ1) is 16.9. The van der Waals surface area contributed by atoms with Crippen LogP contribution in [0, 0.1) is 5.82 Å². The maximum absolute atomic E-state index is 14.2. The topological polar surface area (TPSA) is 81.7 Å². The van der Waals surface area contributed by atoms with Gasteiger partial charge in [-0.15, -0.1) is 0 Å². The summed E-state index contributed by atoms with van der Waals surface area (Å²) in [5.41, 5.74) is -0.184. The fraction of sp³-hybridized carbons (Fsp3) is 0.500. The molecule has 0 spiro atoms. The molecular formula is C24H28F4N6O2. The highest BCUT2D eigenvalue weighted by Gasteiger charge is 2.36. The molecule has 3 heterocycles. The number of halogens is 4. The molecule has 0 saturated carbocycles. The zero-order chi connectivity index (χ0) is 26.4. The lowest BCUT2D eigenvalue weighted by Gasteiger charge is -2.34. The molecule has 1 aromatic carbocycles. The molecule has 1 saturated heterocycles. The van der Waals surface area contributed by atoms with Gasteiger partial charge in [0.05, 0.1) is 18.2 Å². The number of carbonyl (C=O) groups excluding carboxylic acids is 2. The van der Waals surface area contributed by atoms with Crippen LogP contribution < -0.4 is 10.2 Å². The van der Waals surface area contributed by atoms with E-state index in [0.717, 1.165) is 12.1 Å². The maximum Gasteiger partial charge on any atom is 0.419 e. The van der Waals surface area contributed by atoms with Crippen LogP contribution in [-0.2, 0) is 17.5 Å². The quantitative estimate of drug-likeness (QED) is 0.619. The fourth-order valence-electron chi connectivity index (χ4n) is 4.40. The van der Waals surface area contributed by atoms with Crippen molar-refractivity contribution in [2.75, 3.05) is 36.4 Å². The zero-order valence-electron chi connectivity index (χ0n) is 20.5. The summed E-state index contributed by atoms with van der Waals surface area (Å²) in [6.07, 6.45) is -4.78. The van der Waals surface area contributed by atoms with Crippen LogP contribution in [0.25, 0.3) is 0 Å². The molecule has 1 N–H and O–H groups in total. The average molecular weight is 509 g/mol. The third-order valence-electron chi connectivity index (χ3n) is 6.57. The standard InChI is InChI=1S/C24H28F4N6O2/c1-13(2)34-12-17-20(22(34)36)30-23(33-9-7-32(8-10-33)15(4)35)31-21(17)29-14(3)16-5-6-18(19(25)11-16)24(26,27)28/h5-6,11,13-14H,7-10,12H2,1-4H3,(H,29,30,31). The zero-order valence-corrected chi connectivity index (χ0v) is 20.5. The summed E-state index contributed by atoms with van der Waals surface area (Å²) < 4.78 is 53.1. The van der Waals surface area contributed by atoms with Crippen LogP contribution >= 0.6 is 0 Å². The highest BCUT2D eigenvalue weighted by molar-refractivity contribution is 5.98. The SMILES string of the molecule is CC(=O)N1CCN(c2nc(NC(C)c3ccc(C(F)(F)F)c(F)c3)c3c(n2)C(=O)N(C(C)C)C3)CC1. The number of piperazine rings is 1. The Bertz CT molecular complexity index is 1180. The number of amides is 2. The fourth-order valence-corrected chi connectivity index (χ4v) is 4.40. The van der Waals surface area contributed by atoms with Gasteiger partial charge in [-0.05, 0) is 38.5 Å². The smallest absolute Gasteiger partial charge is 0.363 e. The van der Waals surface area contributed by atoms with Crippen LogP contribution in [0.3, 0.4) is 0 Å². The predicted molar refractivity (Wildman–Crippen MR) is 125 cm³/mol. The highest BCUT2D eigenvalue weighted by atomic mass is 19.4. The van der Waals surface area contributed by atoms with Gasteiger partial charge in [-0.25, -0.2) is 9.37 Å². The van der Waals surface area contributed by atoms with Crippen molar-refractivity contribution in [3.63, 3.8) is 0 Å². The molecule has 0 bridgehead atoms. The number of carbonyl (C=O) groups is 2. The monoisotopic (exact) mass is 508 g/mol. The minimum Gasteiger partial charge on any atom is -0.363 e. The molecule has 8 nitrogen and oxygen atoms in total. The number of anilines is 2. The first-order valence-corrected chi connectivity index (χ1v) is 11.7. The first-order valence-electron chi connectivity index (χ1n) is 11.7. The van der Waals surface area contributed by atoms with Crippen LogP contribution in [0.15, 0.2) is 18.2 Å². The molecule has 2 aliphatic rings. The Hall–Kier alpha value is -3.44. The summed E-state index contributed by atoms with van der Waals surface area (Å²) >= 11 is 0. The van der Waals surface area contributed by atoms with Crippen molar-refractivity contribution in [1.29, 1.82) is 0 Å². The van der Waals surface area contributed by atoms with Gasteiger partial charge in [-0.2, -0.15) is 18.2 Å². The van der Waals surface area contributed by atoms with Crippen molar-refractivity contribution in [3.05, 3.63) is 46.4 Å². The van der Waals surface area contributed by atoms with Gasteiger partial charge in [0.2, 0.25) is 11.9 Å². The van der Waals surface area contributed by atoms with Crippen LogP contribution in [0.5, 0.6) is 0 Å². The minimum absolute atomic E-state index is 0.0211. The third-order valence-corrected chi connectivity index (χ3v) is 6.57. The van der Waals surface area contributed by atoms with Gasteiger partial charge in [-0.1, -0.05) is 6.07 Å². The number of rotatable bonds is 5. The number of nitrogens with one attached hydrogen (secondary N) is 1. The number of aromatic nitrogens is 2. The average Bonchev–Trinajstić information content (AvgIpc) is 3.15. The minimum atomic E-state index is -4.78. The number of hydrogen-bond donors (Lipinski definition) is 1. The van der Waals surface area contributed by atoms with Crippen molar-refractivity contribution in [2.45, 2.75) is 52.5 Å². The Morgan fingerprint density at radius 2 is 1.75 bits per heavy atom. The van der Waals surface area contributed by atoms with E-state index in [1.807, 2.05) is 18.7 Å². The van der Waals surface area contributed by atoms with Gasteiger partial charge < -0.3 is 20.0 Å². The van der Waals surface area contributed by atoms with Gasteiger partial charge in [0.25, 0.3) is 5.91 Å². The van der Waals surface area contributed by atoms with Crippen molar-refractivity contribution >= 4 is 23.6 Å². The van der Waals surface area contributed by atoms with E-state index in [0.29, 0.717) is 49.1 Å². The van der Waals surface area contributed by atoms with E-state index in [2.05, 4.69) is 15.3 Å². The third kappa shape index (κ3) is 4.93. The van der Waals surface area contributed by atoms with Gasteiger partial charge in [0.15, 0.2) is 0 Å². The Labute approximate surface area is 206 Å². The lowest BCUT2D eigenvalue weighted by molar-refractivity contribution is -0.140. The van der Waals surface area contributed by atoms with E-state index in [9.17, 15) is 27.2 Å². The summed E-state index contributed by atoms with van der Waals surface area (Å²) in [6.45, 7) is 9.20. The summed E-state index contributed by atoms with van der Waals surface area (Å²) in [6, 6.07) is 2.11. The molecule has 36 heavy (non-hydrogen) atoms. The highest BCUT2D eigenvalue weighted by Crippen LogP contribution is 2.35. The number of alkyl halides is 3. The van der Waals surface area contributed by atoms with Crippen molar-refractivity contribution in [1.82, 2.24) is 19.8 Å². The number of hydrogen-bond acceptors (Lipinski definition) is 6. The Kier molecular flexibility index (Phi) is 6.80. The molecule has 1 fully saturated rings. The largest absolute Gasteiger partial charge is 0.419 e. The van der Waals surface area contributed by atoms with Crippen LogP contribution in [-0.4, -0.2) is 63.8 Å². The molecule has 0 aliphatic carbocycles. The molecule has 0 radical (unpaired) electrons. The molecule has 4 rings (SSSR count).